The first-order valence-corrected chi connectivity index (χ1v) is 12.6. The van der Waals surface area contributed by atoms with Crippen molar-refractivity contribution in [2.24, 2.45) is 0 Å². The lowest BCUT2D eigenvalue weighted by molar-refractivity contribution is 0.0953. The highest BCUT2D eigenvalue weighted by Crippen LogP contribution is 2.37. The minimum atomic E-state index is -4.06. The Morgan fingerprint density at radius 2 is 1.69 bits per heavy atom. The molecule has 0 atom stereocenters. The summed E-state index contributed by atoms with van der Waals surface area (Å²) in [4.78, 5) is 17.8. The predicted octanol–water partition coefficient (Wildman–Crippen LogP) is 4.88. The Morgan fingerprint density at radius 3 is 2.40 bits per heavy atom. The van der Waals surface area contributed by atoms with Gasteiger partial charge in [-0.2, -0.15) is 8.42 Å². The lowest BCUT2D eigenvalue weighted by Gasteiger charge is -2.17. The molecule has 4 rings (SSSR count). The van der Waals surface area contributed by atoms with E-state index in [9.17, 15) is 22.0 Å². The van der Waals surface area contributed by atoms with Gasteiger partial charge < -0.3 is 9.50 Å². The van der Waals surface area contributed by atoms with Gasteiger partial charge in [0.25, 0.3) is 5.91 Å². The molecule has 4 aromatic rings. The second-order valence-corrected chi connectivity index (χ2v) is 9.54. The fourth-order valence-electron chi connectivity index (χ4n) is 3.76. The van der Waals surface area contributed by atoms with Crippen LogP contribution in [-0.2, 0) is 16.5 Å². The highest BCUT2D eigenvalue weighted by molar-refractivity contribution is 7.86. The number of hydrogen-bond acceptors (Lipinski definition) is 5. The number of nitrogens with one attached hydrogen (secondary N) is 1. The van der Waals surface area contributed by atoms with Crippen molar-refractivity contribution < 1.29 is 26.2 Å². The molecule has 0 radical (unpaired) electrons. The topological polar surface area (TPSA) is 85.4 Å². The number of aromatic nitrogens is 1. The number of carbonyl (C=O) groups excluding carboxylic acids is 1. The van der Waals surface area contributed by atoms with E-state index < -0.39 is 21.8 Å². The molecule has 0 unspecified atom stereocenters. The van der Waals surface area contributed by atoms with E-state index >= 15 is 0 Å². The van der Waals surface area contributed by atoms with Crippen LogP contribution in [0.15, 0.2) is 72.8 Å². The molecule has 1 aromatic heterocycles. The van der Waals surface area contributed by atoms with Crippen molar-refractivity contribution in [3.63, 3.8) is 0 Å². The number of amides is 1. The smallest absolute Gasteiger partial charge is 0.306 e. The van der Waals surface area contributed by atoms with E-state index in [1.807, 2.05) is 0 Å². The number of benzene rings is 3. The first-order chi connectivity index (χ1) is 16.7. The maximum atomic E-state index is 14.0. The van der Waals surface area contributed by atoms with Crippen molar-refractivity contribution in [3.8, 4) is 17.0 Å². The molecular weight excluding hydrogens is 474 g/mol. The second-order valence-electron chi connectivity index (χ2n) is 7.97. The standard InChI is InChI=1S/C26H22F2N2O4S/c1-35(32,33)34-25-23(26(31)29-14-6-8-17-7-4-10-19(27)15-17)21-12-2-3-13-22(21)30-24(25)18-9-5-11-20(28)16-18/h2-5,7,9-13,15-16H,6,8,14H2,1H3,(H,29,31). The van der Waals surface area contributed by atoms with Crippen molar-refractivity contribution in [3.05, 3.63) is 95.6 Å². The molecule has 0 fully saturated rings. The molecule has 0 aliphatic rings. The van der Waals surface area contributed by atoms with Gasteiger partial charge in [0.1, 0.15) is 17.3 Å². The summed E-state index contributed by atoms with van der Waals surface area (Å²) >= 11 is 0. The maximum Gasteiger partial charge on any atom is 0.306 e. The number of nitrogens with zero attached hydrogens (tertiary/aromatic N) is 1. The highest BCUT2D eigenvalue weighted by atomic mass is 32.2. The van der Waals surface area contributed by atoms with Crippen LogP contribution in [0.3, 0.4) is 0 Å². The molecule has 0 saturated heterocycles. The number of carbonyl (C=O) groups is 1. The van der Waals surface area contributed by atoms with Gasteiger partial charge in [0.2, 0.25) is 0 Å². The molecule has 0 spiro atoms. The Morgan fingerprint density at radius 1 is 0.971 bits per heavy atom. The normalized spacial score (nSPS) is 11.4. The summed E-state index contributed by atoms with van der Waals surface area (Å²) in [5, 5.41) is 3.17. The van der Waals surface area contributed by atoms with Crippen LogP contribution in [0.1, 0.15) is 22.3 Å². The summed E-state index contributed by atoms with van der Waals surface area (Å²) in [5.74, 6) is -1.73. The lowest BCUT2D eigenvalue weighted by Crippen LogP contribution is -2.26. The van der Waals surface area contributed by atoms with Crippen molar-refractivity contribution >= 4 is 26.9 Å². The Bertz CT molecular complexity index is 1510. The Kier molecular flexibility index (Phi) is 7.07. The summed E-state index contributed by atoms with van der Waals surface area (Å²) in [6.07, 6.45) is 1.92. The zero-order chi connectivity index (χ0) is 25.0. The molecular formula is C26H22F2N2O4S. The van der Waals surface area contributed by atoms with E-state index in [0.29, 0.717) is 23.7 Å². The number of rotatable bonds is 8. The molecule has 1 N–H and O–H groups in total. The van der Waals surface area contributed by atoms with Crippen LogP contribution in [0, 0.1) is 11.6 Å². The predicted molar refractivity (Wildman–Crippen MR) is 130 cm³/mol. The van der Waals surface area contributed by atoms with Crippen LogP contribution in [0.25, 0.3) is 22.2 Å². The average Bonchev–Trinajstić information content (AvgIpc) is 2.80. The van der Waals surface area contributed by atoms with Crippen LogP contribution in [0.4, 0.5) is 8.78 Å². The van der Waals surface area contributed by atoms with Gasteiger partial charge in [-0.1, -0.05) is 42.5 Å². The summed E-state index contributed by atoms with van der Waals surface area (Å²) in [7, 11) is -4.06. The van der Waals surface area contributed by atoms with Gasteiger partial charge in [-0.05, 0) is 48.7 Å². The monoisotopic (exact) mass is 496 g/mol. The van der Waals surface area contributed by atoms with Gasteiger partial charge in [0.05, 0.1) is 17.3 Å². The molecule has 0 bridgehead atoms. The zero-order valence-corrected chi connectivity index (χ0v) is 19.6. The highest BCUT2D eigenvalue weighted by Gasteiger charge is 2.25. The molecule has 180 valence electrons. The average molecular weight is 497 g/mol. The summed E-state index contributed by atoms with van der Waals surface area (Å²) in [5.41, 5.74) is 1.47. The number of fused-ring (bicyclic) bond motifs is 1. The third-order valence-corrected chi connectivity index (χ3v) is 5.69. The third-order valence-electron chi connectivity index (χ3n) is 5.22. The van der Waals surface area contributed by atoms with Gasteiger partial charge >= 0.3 is 10.1 Å². The number of hydrogen-bond donors (Lipinski definition) is 1. The van der Waals surface area contributed by atoms with Gasteiger partial charge in [0, 0.05) is 17.5 Å². The van der Waals surface area contributed by atoms with Gasteiger partial charge in [-0.3, -0.25) is 4.79 Å². The largest absolute Gasteiger partial charge is 0.379 e. The molecule has 3 aromatic carbocycles. The molecule has 9 heteroatoms. The van der Waals surface area contributed by atoms with E-state index in [-0.39, 0.29) is 34.9 Å². The van der Waals surface area contributed by atoms with Crippen molar-refractivity contribution in [2.45, 2.75) is 12.8 Å². The summed E-state index contributed by atoms with van der Waals surface area (Å²) in [6, 6.07) is 18.4. The Labute approximate surface area is 201 Å². The number of para-hydroxylation sites is 1. The Balaban J connectivity index is 1.73. The summed E-state index contributed by atoms with van der Waals surface area (Å²) in [6.45, 7) is 0.250. The van der Waals surface area contributed by atoms with E-state index in [4.69, 9.17) is 4.18 Å². The SMILES string of the molecule is CS(=O)(=O)Oc1c(-c2cccc(F)c2)nc2ccccc2c1C(=O)NCCCc1cccc(F)c1. The van der Waals surface area contributed by atoms with Crippen molar-refractivity contribution in [2.75, 3.05) is 12.8 Å². The van der Waals surface area contributed by atoms with E-state index in [0.717, 1.165) is 11.8 Å². The fraction of sp³-hybridized carbons (Fsp3) is 0.154. The van der Waals surface area contributed by atoms with Gasteiger partial charge in [-0.25, -0.2) is 13.8 Å². The number of halogens is 2. The van der Waals surface area contributed by atoms with Crippen LogP contribution in [0.5, 0.6) is 5.75 Å². The third kappa shape index (κ3) is 5.99. The minimum Gasteiger partial charge on any atom is -0.379 e. The zero-order valence-electron chi connectivity index (χ0n) is 18.8. The van der Waals surface area contributed by atoms with E-state index in [2.05, 4.69) is 10.3 Å². The first kappa shape index (κ1) is 24.3. The molecule has 0 saturated carbocycles. The van der Waals surface area contributed by atoms with Crippen LogP contribution in [0.2, 0.25) is 0 Å². The Hall–Kier alpha value is -3.85. The first-order valence-electron chi connectivity index (χ1n) is 10.8. The van der Waals surface area contributed by atoms with Crippen molar-refractivity contribution in [1.29, 1.82) is 0 Å². The molecule has 1 amide bonds. The number of pyridine rings is 1. The van der Waals surface area contributed by atoms with Crippen LogP contribution < -0.4 is 9.50 Å². The quantitative estimate of drug-likeness (QED) is 0.278. The van der Waals surface area contributed by atoms with E-state index in [1.54, 1.807) is 42.5 Å². The fourth-order valence-corrected chi connectivity index (χ4v) is 4.22. The second kappa shape index (κ2) is 10.2. The molecule has 35 heavy (non-hydrogen) atoms. The molecule has 0 aliphatic carbocycles. The van der Waals surface area contributed by atoms with Gasteiger partial charge in [-0.15, -0.1) is 0 Å². The maximum absolute atomic E-state index is 14.0. The molecule has 1 heterocycles. The molecule has 0 aliphatic heterocycles. The van der Waals surface area contributed by atoms with Crippen LogP contribution >= 0.6 is 0 Å². The lowest BCUT2D eigenvalue weighted by atomic mass is 10.0. The van der Waals surface area contributed by atoms with E-state index in [1.165, 1.54) is 30.3 Å². The summed E-state index contributed by atoms with van der Waals surface area (Å²) < 4.78 is 56.9. The van der Waals surface area contributed by atoms with Crippen molar-refractivity contribution in [1.82, 2.24) is 10.3 Å². The molecule has 6 nitrogen and oxygen atoms in total. The van der Waals surface area contributed by atoms with Gasteiger partial charge in [0.15, 0.2) is 5.75 Å². The van der Waals surface area contributed by atoms with Crippen LogP contribution in [-0.4, -0.2) is 32.1 Å². The minimum absolute atomic E-state index is 0.0222. The number of aryl methyl sites for hydroxylation is 1.